The third-order valence-corrected chi connectivity index (χ3v) is 6.11. The zero-order valence-electron chi connectivity index (χ0n) is 15.1. The number of piperidine rings is 1. The molecule has 3 aliphatic rings. The van der Waals surface area contributed by atoms with Crippen molar-refractivity contribution in [2.75, 3.05) is 13.1 Å². The summed E-state index contributed by atoms with van der Waals surface area (Å²) in [5.41, 5.74) is 1.55. The second-order valence-electron chi connectivity index (χ2n) is 8.30. The van der Waals surface area contributed by atoms with Crippen molar-refractivity contribution in [3.63, 3.8) is 0 Å². The van der Waals surface area contributed by atoms with Crippen LogP contribution >= 0.6 is 0 Å². The first-order valence-corrected chi connectivity index (χ1v) is 8.88. The maximum Gasteiger partial charge on any atom is 0.274 e. The first-order chi connectivity index (χ1) is 11.3. The Morgan fingerprint density at radius 2 is 2.00 bits per heavy atom. The van der Waals surface area contributed by atoms with Crippen LogP contribution in [0, 0.1) is 23.7 Å². The van der Waals surface area contributed by atoms with Gasteiger partial charge in [0, 0.05) is 37.2 Å². The molecule has 1 aromatic heterocycles. The molecule has 2 fully saturated rings. The van der Waals surface area contributed by atoms with E-state index in [1.165, 1.54) is 5.71 Å². The van der Waals surface area contributed by atoms with Crippen LogP contribution in [0.5, 0.6) is 0 Å². The van der Waals surface area contributed by atoms with E-state index in [1.807, 2.05) is 15.7 Å². The van der Waals surface area contributed by atoms with Crippen molar-refractivity contribution < 1.29 is 9.63 Å². The molecule has 24 heavy (non-hydrogen) atoms. The molecule has 3 unspecified atom stereocenters. The number of likely N-dealkylation sites (tertiary alicyclic amines) is 1. The second kappa shape index (κ2) is 5.07. The predicted octanol–water partition coefficient (Wildman–Crippen LogP) is 2.58. The van der Waals surface area contributed by atoms with Crippen LogP contribution < -0.4 is 0 Å². The minimum absolute atomic E-state index is 0.0540. The Hall–Kier alpha value is -1.85. The number of imidazole rings is 1. The van der Waals surface area contributed by atoms with Crippen molar-refractivity contribution in [1.29, 1.82) is 0 Å². The summed E-state index contributed by atoms with van der Waals surface area (Å²) in [6.07, 6.45) is 3.60. The first-order valence-electron chi connectivity index (χ1n) is 8.88. The Kier molecular flexibility index (Phi) is 3.31. The zero-order valence-corrected chi connectivity index (χ0v) is 15.1. The van der Waals surface area contributed by atoms with Crippen LogP contribution in [0.25, 0.3) is 0 Å². The Morgan fingerprint density at radius 3 is 2.50 bits per heavy atom. The molecule has 3 atom stereocenters. The Labute approximate surface area is 142 Å². The minimum atomic E-state index is -0.203. The molecule has 6 nitrogen and oxygen atoms in total. The summed E-state index contributed by atoms with van der Waals surface area (Å²) >= 11 is 0. The second-order valence-corrected chi connectivity index (χ2v) is 8.30. The van der Waals surface area contributed by atoms with Gasteiger partial charge >= 0.3 is 0 Å². The van der Waals surface area contributed by atoms with Gasteiger partial charge in [0.05, 0.1) is 12.0 Å². The molecule has 0 radical (unpaired) electrons. The lowest BCUT2D eigenvalue weighted by Gasteiger charge is -2.23. The van der Waals surface area contributed by atoms with Crippen molar-refractivity contribution in [2.45, 2.75) is 46.3 Å². The van der Waals surface area contributed by atoms with Crippen LogP contribution in [0.15, 0.2) is 17.7 Å². The summed E-state index contributed by atoms with van der Waals surface area (Å²) in [6.45, 7) is 12.2. The summed E-state index contributed by atoms with van der Waals surface area (Å²) in [5, 5.41) is 4.36. The van der Waals surface area contributed by atoms with Gasteiger partial charge in [0.1, 0.15) is 11.3 Å². The van der Waals surface area contributed by atoms with E-state index in [0.717, 1.165) is 13.1 Å². The monoisotopic (exact) mass is 330 g/mol. The predicted molar refractivity (Wildman–Crippen MR) is 90.7 cm³/mol. The quantitative estimate of drug-likeness (QED) is 0.856. The van der Waals surface area contributed by atoms with E-state index in [9.17, 15) is 4.79 Å². The molecule has 1 aliphatic carbocycles. The van der Waals surface area contributed by atoms with Crippen molar-refractivity contribution in [2.24, 2.45) is 28.8 Å². The average Bonchev–Trinajstić information content (AvgIpc) is 2.97. The highest BCUT2D eigenvalue weighted by atomic mass is 16.7. The van der Waals surface area contributed by atoms with Gasteiger partial charge in [0.2, 0.25) is 0 Å². The van der Waals surface area contributed by atoms with Gasteiger partial charge in [-0.2, -0.15) is 0 Å². The molecule has 130 valence electrons. The summed E-state index contributed by atoms with van der Waals surface area (Å²) in [5.74, 6) is 1.98. The van der Waals surface area contributed by atoms with Gasteiger partial charge in [-0.1, -0.05) is 12.1 Å². The highest BCUT2D eigenvalue weighted by molar-refractivity contribution is 5.95. The summed E-state index contributed by atoms with van der Waals surface area (Å²) in [7, 11) is 0. The molecular formula is C18H26N4O2. The van der Waals surface area contributed by atoms with Crippen molar-refractivity contribution in [1.82, 2.24) is 14.5 Å². The third kappa shape index (κ3) is 2.26. The largest absolute Gasteiger partial charge is 0.389 e. The van der Waals surface area contributed by atoms with Crippen LogP contribution in [0.4, 0.5) is 0 Å². The fourth-order valence-corrected chi connectivity index (χ4v) is 4.06. The third-order valence-electron chi connectivity index (χ3n) is 6.11. The number of carbonyl (C=O) groups excluding carboxylic acids is 1. The first kappa shape index (κ1) is 15.7. The van der Waals surface area contributed by atoms with E-state index in [4.69, 9.17) is 4.84 Å². The number of fused-ring (bicyclic) bond motifs is 1. The normalized spacial score (nSPS) is 33.4. The summed E-state index contributed by atoms with van der Waals surface area (Å²) < 4.78 is 1.97. The summed E-state index contributed by atoms with van der Waals surface area (Å²) in [6, 6.07) is 0.320. The fraction of sp³-hybridized carbons (Fsp3) is 0.722. The van der Waals surface area contributed by atoms with E-state index in [2.05, 4.69) is 44.8 Å². The highest BCUT2D eigenvalue weighted by Crippen LogP contribution is 2.55. The van der Waals surface area contributed by atoms with Gasteiger partial charge in [0.25, 0.3) is 5.91 Å². The number of rotatable bonds is 3. The van der Waals surface area contributed by atoms with Gasteiger partial charge in [-0.05, 0) is 39.5 Å². The van der Waals surface area contributed by atoms with E-state index in [0.29, 0.717) is 35.4 Å². The Bertz CT molecular complexity index is 694. The number of nitrogens with zero attached hydrogens (tertiary/aromatic N) is 4. The molecule has 0 bridgehead atoms. The Morgan fingerprint density at radius 1 is 1.33 bits per heavy atom. The number of carbonyl (C=O) groups is 1. The van der Waals surface area contributed by atoms with Gasteiger partial charge in [-0.25, -0.2) is 4.98 Å². The summed E-state index contributed by atoms with van der Waals surface area (Å²) in [4.78, 5) is 24.5. The molecule has 6 heteroatoms. The lowest BCUT2D eigenvalue weighted by Crippen LogP contribution is -2.35. The van der Waals surface area contributed by atoms with Crippen molar-refractivity contribution >= 4 is 11.6 Å². The van der Waals surface area contributed by atoms with E-state index in [-0.39, 0.29) is 11.5 Å². The van der Waals surface area contributed by atoms with Crippen molar-refractivity contribution in [3.8, 4) is 0 Å². The van der Waals surface area contributed by atoms with Gasteiger partial charge in [0.15, 0.2) is 0 Å². The molecule has 2 aliphatic heterocycles. The molecule has 0 N–H and O–H groups in total. The van der Waals surface area contributed by atoms with E-state index >= 15 is 0 Å². The maximum absolute atomic E-state index is 12.6. The Balaban J connectivity index is 1.39. The average molecular weight is 330 g/mol. The van der Waals surface area contributed by atoms with Crippen LogP contribution in [0.1, 0.15) is 51.1 Å². The van der Waals surface area contributed by atoms with E-state index in [1.54, 1.807) is 6.33 Å². The zero-order chi connectivity index (χ0) is 17.2. The van der Waals surface area contributed by atoms with Crippen molar-refractivity contribution in [3.05, 3.63) is 18.2 Å². The molecule has 1 saturated heterocycles. The molecule has 1 amide bonds. The standard InChI is InChI=1S/C18H26N4O2/c1-10(2)22-8-14(19-9-22)17(23)21-6-12-13(7-21)15(12)16-11(3)18(4,5)24-20-16/h8-13,15H,6-7H2,1-5H3. The molecule has 4 rings (SSSR count). The lowest BCUT2D eigenvalue weighted by atomic mass is 9.86. The molecule has 0 spiro atoms. The maximum atomic E-state index is 12.6. The number of aromatic nitrogens is 2. The van der Waals surface area contributed by atoms with Crippen LogP contribution in [-0.2, 0) is 4.84 Å². The van der Waals surface area contributed by atoms with E-state index < -0.39 is 0 Å². The van der Waals surface area contributed by atoms with Crippen LogP contribution in [0.3, 0.4) is 0 Å². The van der Waals surface area contributed by atoms with Crippen LogP contribution in [-0.4, -0.2) is 44.8 Å². The molecule has 0 aromatic carbocycles. The number of oxime groups is 1. The van der Waals surface area contributed by atoms with Gasteiger partial charge in [-0.3, -0.25) is 4.79 Å². The number of hydrogen-bond acceptors (Lipinski definition) is 4. The smallest absolute Gasteiger partial charge is 0.274 e. The lowest BCUT2D eigenvalue weighted by molar-refractivity contribution is -0.0103. The molecule has 1 saturated carbocycles. The van der Waals surface area contributed by atoms with Crippen LogP contribution in [0.2, 0.25) is 0 Å². The number of hydrogen-bond donors (Lipinski definition) is 0. The SMILES string of the molecule is CC(C)n1cnc(C(=O)N2CC3C(C2)C3C2=NOC(C)(C)C2C)c1. The molecule has 3 heterocycles. The van der Waals surface area contributed by atoms with Gasteiger partial charge < -0.3 is 14.3 Å². The minimum Gasteiger partial charge on any atom is -0.389 e. The fourth-order valence-electron chi connectivity index (χ4n) is 4.06. The number of amides is 1. The molecule has 1 aromatic rings. The molecular weight excluding hydrogens is 304 g/mol. The topological polar surface area (TPSA) is 59.7 Å². The van der Waals surface area contributed by atoms with Gasteiger partial charge in [-0.15, -0.1) is 0 Å². The highest BCUT2D eigenvalue weighted by Gasteiger charge is 2.61.